The van der Waals surface area contributed by atoms with E-state index in [1.54, 1.807) is 12.4 Å². The predicted octanol–water partition coefficient (Wildman–Crippen LogP) is 2.91. The zero-order valence-corrected chi connectivity index (χ0v) is 15.2. The smallest absolute Gasteiger partial charge is 0.257 e. The van der Waals surface area contributed by atoms with Crippen molar-refractivity contribution >= 4 is 29.1 Å². The molecule has 0 spiro atoms. The molecule has 0 aliphatic carbocycles. The van der Waals surface area contributed by atoms with Crippen LogP contribution in [-0.2, 0) is 0 Å². The summed E-state index contributed by atoms with van der Waals surface area (Å²) < 4.78 is 0. The first-order valence-corrected chi connectivity index (χ1v) is 8.79. The van der Waals surface area contributed by atoms with Gasteiger partial charge in [0.05, 0.1) is 5.56 Å². The Labute approximate surface area is 152 Å². The van der Waals surface area contributed by atoms with Gasteiger partial charge in [-0.1, -0.05) is 17.7 Å². The van der Waals surface area contributed by atoms with Crippen molar-refractivity contribution in [1.82, 2.24) is 14.9 Å². The van der Waals surface area contributed by atoms with Crippen molar-refractivity contribution in [3.8, 4) is 0 Å². The van der Waals surface area contributed by atoms with Crippen molar-refractivity contribution in [3.63, 3.8) is 0 Å². The zero-order valence-electron chi connectivity index (χ0n) is 14.4. The molecule has 1 aliphatic heterocycles. The molecular weight excluding hydrogens is 338 g/mol. The Morgan fingerprint density at radius 2 is 1.84 bits per heavy atom. The molecule has 2 heterocycles. The first-order valence-electron chi connectivity index (χ1n) is 8.41. The van der Waals surface area contributed by atoms with Crippen LogP contribution >= 0.6 is 11.6 Å². The van der Waals surface area contributed by atoms with Crippen molar-refractivity contribution in [2.75, 3.05) is 36.4 Å². The molecule has 0 unspecified atom stereocenters. The zero-order chi connectivity index (χ0) is 17.8. The third-order valence-corrected chi connectivity index (χ3v) is 4.29. The molecule has 0 atom stereocenters. The highest BCUT2D eigenvalue weighted by atomic mass is 35.5. The Morgan fingerprint density at radius 1 is 1.16 bits per heavy atom. The van der Waals surface area contributed by atoms with Crippen LogP contribution in [0.3, 0.4) is 0 Å². The monoisotopic (exact) mass is 359 g/mol. The van der Waals surface area contributed by atoms with E-state index in [4.69, 9.17) is 11.6 Å². The predicted molar refractivity (Wildman–Crippen MR) is 100 cm³/mol. The Bertz CT molecular complexity index is 727. The van der Waals surface area contributed by atoms with Crippen LogP contribution in [-0.4, -0.2) is 53.0 Å². The van der Waals surface area contributed by atoms with Gasteiger partial charge in [0.2, 0.25) is 5.95 Å². The van der Waals surface area contributed by atoms with E-state index in [-0.39, 0.29) is 11.9 Å². The van der Waals surface area contributed by atoms with E-state index in [2.05, 4.69) is 20.2 Å². The molecule has 25 heavy (non-hydrogen) atoms. The van der Waals surface area contributed by atoms with Gasteiger partial charge in [0.15, 0.2) is 0 Å². The van der Waals surface area contributed by atoms with E-state index in [0.717, 1.165) is 23.8 Å². The molecule has 1 fully saturated rings. The first-order chi connectivity index (χ1) is 12.0. The number of carbonyl (C=O) groups excluding carboxylic acids is 1. The van der Waals surface area contributed by atoms with Crippen molar-refractivity contribution in [1.29, 1.82) is 0 Å². The highest BCUT2D eigenvalue weighted by Crippen LogP contribution is 2.21. The number of hydrogen-bond donors (Lipinski definition) is 1. The third-order valence-electron chi connectivity index (χ3n) is 4.06. The molecule has 1 N–H and O–H groups in total. The average molecular weight is 360 g/mol. The van der Waals surface area contributed by atoms with E-state index < -0.39 is 0 Å². The third kappa shape index (κ3) is 4.39. The number of aromatic nitrogens is 2. The minimum atomic E-state index is -0.0261. The van der Waals surface area contributed by atoms with E-state index in [0.29, 0.717) is 24.6 Å². The normalized spacial score (nSPS) is 14.7. The second kappa shape index (κ2) is 7.70. The van der Waals surface area contributed by atoms with Gasteiger partial charge in [-0.15, -0.1) is 0 Å². The Morgan fingerprint density at radius 3 is 2.44 bits per heavy atom. The molecule has 3 rings (SSSR count). The summed E-state index contributed by atoms with van der Waals surface area (Å²) in [4.78, 5) is 25.1. The number of carbonyl (C=O) groups is 1. The van der Waals surface area contributed by atoms with E-state index in [1.165, 1.54) is 0 Å². The minimum Gasteiger partial charge on any atom is -0.368 e. The fraction of sp³-hybridized carbons (Fsp3) is 0.389. The van der Waals surface area contributed by atoms with Crippen molar-refractivity contribution < 1.29 is 4.79 Å². The van der Waals surface area contributed by atoms with Crippen molar-refractivity contribution in [2.45, 2.75) is 19.9 Å². The number of rotatable bonds is 4. The lowest BCUT2D eigenvalue weighted by Gasteiger charge is -2.36. The van der Waals surface area contributed by atoms with Crippen LogP contribution in [0.15, 0.2) is 36.7 Å². The molecule has 0 radical (unpaired) electrons. The van der Waals surface area contributed by atoms with Crippen molar-refractivity contribution in [2.24, 2.45) is 0 Å². The first kappa shape index (κ1) is 17.5. The molecule has 132 valence electrons. The lowest BCUT2D eigenvalue weighted by molar-refractivity contribution is 0.0746. The summed E-state index contributed by atoms with van der Waals surface area (Å²) in [6.45, 7) is 6.91. The number of nitrogens with zero attached hydrogens (tertiary/aromatic N) is 4. The van der Waals surface area contributed by atoms with Crippen LogP contribution in [0.4, 0.5) is 11.6 Å². The fourth-order valence-electron chi connectivity index (χ4n) is 2.79. The molecule has 2 aromatic rings. The molecule has 0 saturated carbocycles. The van der Waals surface area contributed by atoms with Crippen LogP contribution in [0.25, 0.3) is 0 Å². The topological polar surface area (TPSA) is 61.4 Å². The largest absolute Gasteiger partial charge is 0.368 e. The summed E-state index contributed by atoms with van der Waals surface area (Å²) in [6.07, 6.45) is 3.17. The molecule has 1 aliphatic rings. The molecular formula is C18H22ClN5O. The van der Waals surface area contributed by atoms with E-state index in [9.17, 15) is 4.79 Å². The molecule has 1 aromatic carbocycles. The fourth-order valence-corrected chi connectivity index (χ4v) is 2.98. The number of benzene rings is 1. The van der Waals surface area contributed by atoms with Gasteiger partial charge in [-0.2, -0.15) is 0 Å². The number of amides is 1. The number of halogens is 1. The minimum absolute atomic E-state index is 0.0261. The van der Waals surface area contributed by atoms with Crippen LogP contribution in [0.5, 0.6) is 0 Å². The van der Waals surface area contributed by atoms with Crippen LogP contribution < -0.4 is 10.2 Å². The molecule has 0 bridgehead atoms. The number of anilines is 2. The second-order valence-corrected chi connectivity index (χ2v) is 6.79. The summed E-state index contributed by atoms with van der Waals surface area (Å²) in [5.41, 5.74) is 1.61. The van der Waals surface area contributed by atoms with Gasteiger partial charge in [0.25, 0.3) is 5.91 Å². The highest BCUT2D eigenvalue weighted by Gasteiger charge is 2.23. The van der Waals surface area contributed by atoms with Gasteiger partial charge in [0.1, 0.15) is 0 Å². The lowest BCUT2D eigenvalue weighted by atomic mass is 10.2. The average Bonchev–Trinajstić information content (AvgIpc) is 2.61. The van der Waals surface area contributed by atoms with Gasteiger partial charge >= 0.3 is 0 Å². The van der Waals surface area contributed by atoms with Gasteiger partial charge in [-0.25, -0.2) is 9.97 Å². The summed E-state index contributed by atoms with van der Waals surface area (Å²) in [5, 5.41) is 3.84. The number of piperazine rings is 1. The molecule has 1 aromatic heterocycles. The Hall–Kier alpha value is -2.34. The molecule has 7 heteroatoms. The standard InChI is InChI=1S/C18H22ClN5O/c1-13(2)22-18-20-11-14(12-21-18)17(25)24-8-6-23(7-9-24)16-5-3-4-15(19)10-16/h3-5,10-13H,6-9H2,1-2H3,(H,20,21,22). The van der Waals surface area contributed by atoms with Crippen molar-refractivity contribution in [3.05, 3.63) is 47.2 Å². The van der Waals surface area contributed by atoms with Gasteiger partial charge < -0.3 is 15.1 Å². The second-order valence-electron chi connectivity index (χ2n) is 6.35. The molecule has 1 saturated heterocycles. The molecule has 6 nitrogen and oxygen atoms in total. The number of hydrogen-bond acceptors (Lipinski definition) is 5. The van der Waals surface area contributed by atoms with E-state index >= 15 is 0 Å². The van der Waals surface area contributed by atoms with Crippen LogP contribution in [0.1, 0.15) is 24.2 Å². The quantitative estimate of drug-likeness (QED) is 0.909. The number of nitrogens with one attached hydrogen (secondary N) is 1. The van der Waals surface area contributed by atoms with E-state index in [1.807, 2.05) is 43.0 Å². The SMILES string of the molecule is CC(C)Nc1ncc(C(=O)N2CCN(c3cccc(Cl)c3)CC2)cn1. The summed E-state index contributed by atoms with van der Waals surface area (Å²) >= 11 is 6.06. The van der Waals surface area contributed by atoms with Crippen LogP contribution in [0, 0.1) is 0 Å². The summed E-state index contributed by atoms with van der Waals surface area (Å²) in [5.74, 6) is 0.513. The maximum atomic E-state index is 12.6. The maximum absolute atomic E-state index is 12.6. The summed E-state index contributed by atoms with van der Waals surface area (Å²) in [7, 11) is 0. The van der Waals surface area contributed by atoms with Gasteiger partial charge in [-0.3, -0.25) is 4.79 Å². The highest BCUT2D eigenvalue weighted by molar-refractivity contribution is 6.30. The van der Waals surface area contributed by atoms with Gasteiger partial charge in [0, 0.05) is 55.3 Å². The molecule has 1 amide bonds. The maximum Gasteiger partial charge on any atom is 0.257 e. The Balaban J connectivity index is 1.59. The van der Waals surface area contributed by atoms with Crippen LogP contribution in [0.2, 0.25) is 5.02 Å². The Kier molecular flexibility index (Phi) is 5.38. The summed E-state index contributed by atoms with van der Waals surface area (Å²) in [6, 6.07) is 8.05. The van der Waals surface area contributed by atoms with Gasteiger partial charge in [-0.05, 0) is 32.0 Å². The lowest BCUT2D eigenvalue weighted by Crippen LogP contribution is -2.48.